The lowest BCUT2D eigenvalue weighted by Crippen LogP contribution is -2.30. The minimum absolute atomic E-state index is 0.202. The lowest BCUT2D eigenvalue weighted by Gasteiger charge is -2.28. The largest absolute Gasteiger partial charge is 0.494 e. The summed E-state index contributed by atoms with van der Waals surface area (Å²) in [5, 5.41) is 3.67. The van der Waals surface area contributed by atoms with Gasteiger partial charge in [0.1, 0.15) is 18.1 Å². The van der Waals surface area contributed by atoms with Crippen LogP contribution in [-0.4, -0.2) is 45.3 Å². The molecule has 1 heterocycles. The van der Waals surface area contributed by atoms with Crippen molar-refractivity contribution in [2.75, 3.05) is 40.4 Å². The zero-order valence-corrected chi connectivity index (χ0v) is 17.7. The fraction of sp³-hybridized carbons (Fsp3) is 0.500. The molecule has 0 spiro atoms. The average molecular weight is 383 g/mol. The molecule has 0 saturated carbocycles. The topological polar surface area (TPSA) is 33.7 Å². The highest BCUT2D eigenvalue weighted by molar-refractivity contribution is 5.45. The van der Waals surface area contributed by atoms with E-state index in [0.717, 1.165) is 44.0 Å². The van der Waals surface area contributed by atoms with E-state index < -0.39 is 0 Å². The number of rotatable bonds is 9. The molecule has 0 amide bonds. The van der Waals surface area contributed by atoms with Crippen LogP contribution in [0.1, 0.15) is 43.0 Å². The fourth-order valence-corrected chi connectivity index (χ4v) is 3.47. The molecule has 4 heteroatoms. The molecule has 0 saturated heterocycles. The van der Waals surface area contributed by atoms with Gasteiger partial charge >= 0.3 is 0 Å². The van der Waals surface area contributed by atoms with Crippen molar-refractivity contribution in [2.45, 2.75) is 32.7 Å². The van der Waals surface area contributed by atoms with Gasteiger partial charge in [-0.1, -0.05) is 32.0 Å². The Morgan fingerprint density at radius 1 is 1.04 bits per heavy atom. The van der Waals surface area contributed by atoms with Crippen molar-refractivity contribution >= 4 is 0 Å². The normalized spacial score (nSPS) is 16.3. The first-order chi connectivity index (χ1) is 13.5. The Labute approximate surface area is 169 Å². The molecule has 0 radical (unpaired) electrons. The second kappa shape index (κ2) is 9.94. The zero-order valence-electron chi connectivity index (χ0n) is 17.7. The summed E-state index contributed by atoms with van der Waals surface area (Å²) < 4.78 is 11.9. The molecule has 0 bridgehead atoms. The Morgan fingerprint density at radius 3 is 2.61 bits per heavy atom. The Balaban J connectivity index is 1.71. The minimum atomic E-state index is 0.202. The summed E-state index contributed by atoms with van der Waals surface area (Å²) in [6.45, 7) is 7.82. The Hall–Kier alpha value is -2.04. The van der Waals surface area contributed by atoms with Gasteiger partial charge in [-0.3, -0.25) is 0 Å². The first-order valence-electron chi connectivity index (χ1n) is 10.4. The van der Waals surface area contributed by atoms with Crippen LogP contribution in [0.4, 0.5) is 0 Å². The van der Waals surface area contributed by atoms with Crippen LogP contribution in [0.5, 0.6) is 11.5 Å². The number of nitrogens with one attached hydrogen (secondary N) is 1. The van der Waals surface area contributed by atoms with Gasteiger partial charge in [0.25, 0.3) is 0 Å². The van der Waals surface area contributed by atoms with Crippen molar-refractivity contribution in [1.82, 2.24) is 10.2 Å². The summed E-state index contributed by atoms with van der Waals surface area (Å²) >= 11 is 0. The molecule has 4 nitrogen and oxygen atoms in total. The highest BCUT2D eigenvalue weighted by Gasteiger charge is 2.22. The van der Waals surface area contributed by atoms with E-state index in [-0.39, 0.29) is 6.04 Å². The van der Waals surface area contributed by atoms with E-state index in [2.05, 4.69) is 80.6 Å². The molecule has 3 rings (SSSR count). The maximum Gasteiger partial charge on any atom is 0.119 e. The number of ether oxygens (including phenoxy) is 2. The van der Waals surface area contributed by atoms with Crippen LogP contribution in [0.25, 0.3) is 0 Å². The second-order valence-corrected chi connectivity index (χ2v) is 8.25. The van der Waals surface area contributed by atoms with Gasteiger partial charge in [-0.2, -0.15) is 0 Å². The third-order valence-corrected chi connectivity index (χ3v) is 5.13. The van der Waals surface area contributed by atoms with E-state index in [1.165, 1.54) is 16.7 Å². The Morgan fingerprint density at radius 2 is 1.82 bits per heavy atom. The standard InChI is InChI=1S/C24H34N2O2/c1-18(2)11-14-27-21-7-5-6-20(17-21)24-23-9-8-22(28-15-13-26(3)4)16-19(23)10-12-25-24/h5-9,16-18,24-25H,10-15H2,1-4H3. The summed E-state index contributed by atoms with van der Waals surface area (Å²) in [4.78, 5) is 2.13. The summed E-state index contributed by atoms with van der Waals surface area (Å²) in [7, 11) is 4.13. The predicted molar refractivity (Wildman–Crippen MR) is 115 cm³/mol. The van der Waals surface area contributed by atoms with Crippen molar-refractivity contribution in [3.05, 3.63) is 59.2 Å². The first-order valence-corrected chi connectivity index (χ1v) is 10.4. The third kappa shape index (κ3) is 5.73. The molecule has 1 aliphatic heterocycles. The SMILES string of the molecule is CC(C)CCOc1cccc(C2NCCc3cc(OCCN(C)C)ccc32)c1. The van der Waals surface area contributed by atoms with Crippen molar-refractivity contribution in [3.8, 4) is 11.5 Å². The van der Waals surface area contributed by atoms with Gasteiger partial charge in [-0.15, -0.1) is 0 Å². The summed E-state index contributed by atoms with van der Waals surface area (Å²) in [6, 6.07) is 15.2. The van der Waals surface area contributed by atoms with E-state index in [4.69, 9.17) is 9.47 Å². The smallest absolute Gasteiger partial charge is 0.119 e. The fourth-order valence-electron chi connectivity index (χ4n) is 3.47. The monoisotopic (exact) mass is 382 g/mol. The molecule has 0 fully saturated rings. The summed E-state index contributed by atoms with van der Waals surface area (Å²) in [6.07, 6.45) is 2.10. The van der Waals surface area contributed by atoms with Crippen LogP contribution in [0.2, 0.25) is 0 Å². The summed E-state index contributed by atoms with van der Waals surface area (Å²) in [5.41, 5.74) is 3.96. The molecule has 1 aliphatic rings. The van der Waals surface area contributed by atoms with Crippen LogP contribution < -0.4 is 14.8 Å². The molecular weight excluding hydrogens is 348 g/mol. The van der Waals surface area contributed by atoms with Crippen LogP contribution in [0.3, 0.4) is 0 Å². The quantitative estimate of drug-likeness (QED) is 0.702. The average Bonchev–Trinajstić information content (AvgIpc) is 2.67. The van der Waals surface area contributed by atoms with Gasteiger partial charge in [-0.25, -0.2) is 0 Å². The maximum atomic E-state index is 5.97. The molecular formula is C24H34N2O2. The van der Waals surface area contributed by atoms with Gasteiger partial charge in [0, 0.05) is 13.1 Å². The highest BCUT2D eigenvalue weighted by atomic mass is 16.5. The Bertz CT molecular complexity index is 758. The first kappa shape index (κ1) is 20.7. The van der Waals surface area contributed by atoms with Crippen LogP contribution in [0.15, 0.2) is 42.5 Å². The molecule has 0 aromatic heterocycles. The van der Waals surface area contributed by atoms with Crippen molar-refractivity contribution in [3.63, 3.8) is 0 Å². The Kier molecular flexibility index (Phi) is 7.35. The van der Waals surface area contributed by atoms with Crippen LogP contribution in [-0.2, 0) is 6.42 Å². The van der Waals surface area contributed by atoms with Gasteiger partial charge < -0.3 is 19.7 Å². The second-order valence-electron chi connectivity index (χ2n) is 8.25. The van der Waals surface area contributed by atoms with Gasteiger partial charge in [-0.05, 0) is 73.8 Å². The zero-order chi connectivity index (χ0) is 19.9. The molecule has 0 aliphatic carbocycles. The van der Waals surface area contributed by atoms with Crippen LogP contribution >= 0.6 is 0 Å². The lowest BCUT2D eigenvalue weighted by atomic mass is 9.89. The molecule has 2 aromatic carbocycles. The number of hydrogen-bond donors (Lipinski definition) is 1. The molecule has 1 atom stereocenters. The predicted octanol–water partition coefficient (Wildman–Crippen LogP) is 4.29. The third-order valence-electron chi connectivity index (χ3n) is 5.13. The van der Waals surface area contributed by atoms with E-state index in [1.54, 1.807) is 0 Å². The molecule has 152 valence electrons. The molecule has 1 unspecified atom stereocenters. The van der Waals surface area contributed by atoms with Crippen molar-refractivity contribution in [2.24, 2.45) is 5.92 Å². The van der Waals surface area contributed by atoms with E-state index in [9.17, 15) is 0 Å². The molecule has 2 aromatic rings. The number of likely N-dealkylation sites (N-methyl/N-ethyl adjacent to an activating group) is 1. The number of fused-ring (bicyclic) bond motifs is 1. The minimum Gasteiger partial charge on any atom is -0.494 e. The maximum absolute atomic E-state index is 5.97. The molecule has 28 heavy (non-hydrogen) atoms. The van der Waals surface area contributed by atoms with Gasteiger partial charge in [0.2, 0.25) is 0 Å². The highest BCUT2D eigenvalue weighted by Crippen LogP contribution is 2.32. The van der Waals surface area contributed by atoms with Crippen LogP contribution in [0, 0.1) is 5.92 Å². The van der Waals surface area contributed by atoms with Gasteiger partial charge in [0.15, 0.2) is 0 Å². The number of hydrogen-bond acceptors (Lipinski definition) is 4. The number of benzene rings is 2. The van der Waals surface area contributed by atoms with Crippen molar-refractivity contribution < 1.29 is 9.47 Å². The van der Waals surface area contributed by atoms with E-state index in [0.29, 0.717) is 12.5 Å². The van der Waals surface area contributed by atoms with E-state index >= 15 is 0 Å². The van der Waals surface area contributed by atoms with Crippen molar-refractivity contribution in [1.29, 1.82) is 0 Å². The van der Waals surface area contributed by atoms with Gasteiger partial charge in [0.05, 0.1) is 12.6 Å². The number of nitrogens with zero attached hydrogens (tertiary/aromatic N) is 1. The molecule has 1 N–H and O–H groups in total. The summed E-state index contributed by atoms with van der Waals surface area (Å²) in [5.74, 6) is 2.58. The van der Waals surface area contributed by atoms with E-state index in [1.807, 2.05) is 0 Å². The lowest BCUT2D eigenvalue weighted by molar-refractivity contribution is 0.261.